The Bertz CT molecular complexity index is 1110. The fraction of sp³-hybridized carbons (Fsp3) is 0.167. The van der Waals surface area contributed by atoms with Crippen molar-refractivity contribution in [3.8, 4) is 0 Å². The number of fused-ring (bicyclic) bond motifs is 3. The van der Waals surface area contributed by atoms with E-state index in [9.17, 15) is 9.59 Å². The molecule has 2 N–H and O–H groups in total. The van der Waals surface area contributed by atoms with Crippen LogP contribution >= 0.6 is 11.3 Å². The number of aromatic amines is 1. The molecule has 126 valence electrons. The first-order valence-electron chi connectivity index (χ1n) is 7.93. The molecule has 0 unspecified atom stereocenters. The third-order valence-corrected chi connectivity index (χ3v) is 5.18. The van der Waals surface area contributed by atoms with Crippen LogP contribution in [0.1, 0.15) is 17.8 Å². The number of para-hydroxylation sites is 1. The quantitative estimate of drug-likeness (QED) is 0.593. The average Bonchev–Trinajstić information content (AvgIpc) is 3.26. The van der Waals surface area contributed by atoms with Crippen molar-refractivity contribution >= 4 is 39.0 Å². The SMILES string of the molecule is C[C@H](C(=O)NCc1cccs1)n1c2ccccc2c2cn[nH]c(=O)c21. The Hall–Kier alpha value is -2.93. The third kappa shape index (κ3) is 2.62. The lowest BCUT2D eigenvalue weighted by molar-refractivity contribution is -0.123. The largest absolute Gasteiger partial charge is 0.349 e. The molecule has 1 atom stereocenters. The number of rotatable bonds is 4. The summed E-state index contributed by atoms with van der Waals surface area (Å²) in [5.74, 6) is -0.132. The van der Waals surface area contributed by atoms with Crippen LogP contribution in [-0.2, 0) is 11.3 Å². The summed E-state index contributed by atoms with van der Waals surface area (Å²) in [6.45, 7) is 2.28. The van der Waals surface area contributed by atoms with E-state index in [4.69, 9.17) is 0 Å². The Balaban J connectivity index is 1.78. The number of hydrogen-bond donors (Lipinski definition) is 2. The Morgan fingerprint density at radius 2 is 2.12 bits per heavy atom. The number of thiophene rings is 1. The van der Waals surface area contributed by atoms with Crippen molar-refractivity contribution in [3.05, 3.63) is 63.2 Å². The summed E-state index contributed by atoms with van der Waals surface area (Å²) >= 11 is 1.60. The lowest BCUT2D eigenvalue weighted by atomic mass is 10.2. The monoisotopic (exact) mass is 352 g/mol. The van der Waals surface area contributed by atoms with E-state index in [2.05, 4.69) is 15.5 Å². The minimum atomic E-state index is -0.522. The number of nitrogens with zero attached hydrogens (tertiary/aromatic N) is 2. The molecule has 0 radical (unpaired) electrons. The molecule has 0 aliphatic rings. The third-order valence-electron chi connectivity index (χ3n) is 4.31. The molecule has 6 nitrogen and oxygen atoms in total. The molecule has 0 bridgehead atoms. The molecule has 25 heavy (non-hydrogen) atoms. The number of benzene rings is 1. The van der Waals surface area contributed by atoms with Gasteiger partial charge in [-0.15, -0.1) is 11.3 Å². The van der Waals surface area contributed by atoms with E-state index in [1.54, 1.807) is 29.0 Å². The van der Waals surface area contributed by atoms with Gasteiger partial charge in [-0.1, -0.05) is 24.3 Å². The molecule has 0 saturated heterocycles. The summed E-state index contributed by atoms with van der Waals surface area (Å²) in [6.07, 6.45) is 1.63. The van der Waals surface area contributed by atoms with Crippen LogP contribution < -0.4 is 10.9 Å². The van der Waals surface area contributed by atoms with Crippen LogP contribution in [0.15, 0.2) is 52.8 Å². The van der Waals surface area contributed by atoms with Crippen molar-refractivity contribution in [1.29, 1.82) is 0 Å². The molecular formula is C18H16N4O2S. The molecule has 0 spiro atoms. The molecule has 1 amide bonds. The maximum absolute atomic E-state index is 12.7. The van der Waals surface area contributed by atoms with Gasteiger partial charge >= 0.3 is 0 Å². The lowest BCUT2D eigenvalue weighted by Crippen LogP contribution is -2.31. The molecule has 0 aliphatic carbocycles. The standard InChI is InChI=1S/C18H16N4O2S/c1-11(17(23)19-9-12-5-4-8-25-12)22-15-7-3-2-6-13(15)14-10-20-21-18(24)16(14)22/h2-8,10-11H,9H2,1H3,(H,19,23)(H,21,24)/t11-/m1/s1. The van der Waals surface area contributed by atoms with E-state index < -0.39 is 6.04 Å². The second-order valence-electron chi connectivity index (χ2n) is 5.82. The van der Waals surface area contributed by atoms with Crippen molar-refractivity contribution in [2.45, 2.75) is 19.5 Å². The average molecular weight is 352 g/mol. The van der Waals surface area contributed by atoms with Crippen molar-refractivity contribution in [2.75, 3.05) is 0 Å². The normalized spacial score (nSPS) is 12.5. The van der Waals surface area contributed by atoms with Gasteiger partial charge in [0.1, 0.15) is 11.6 Å². The molecule has 3 aromatic heterocycles. The Morgan fingerprint density at radius 3 is 2.92 bits per heavy atom. The zero-order chi connectivity index (χ0) is 17.4. The fourth-order valence-corrected chi connectivity index (χ4v) is 3.76. The highest BCUT2D eigenvalue weighted by atomic mass is 32.1. The smallest absolute Gasteiger partial charge is 0.288 e. The molecule has 4 rings (SSSR count). The summed E-state index contributed by atoms with van der Waals surface area (Å²) < 4.78 is 1.79. The highest BCUT2D eigenvalue weighted by Crippen LogP contribution is 2.29. The van der Waals surface area contributed by atoms with Crippen molar-refractivity contribution in [3.63, 3.8) is 0 Å². The highest BCUT2D eigenvalue weighted by Gasteiger charge is 2.22. The predicted octanol–water partition coefficient (Wildman–Crippen LogP) is 2.82. The molecular weight excluding hydrogens is 336 g/mol. The Morgan fingerprint density at radius 1 is 1.28 bits per heavy atom. The maximum atomic E-state index is 12.7. The number of aromatic nitrogens is 3. The summed E-state index contributed by atoms with van der Waals surface area (Å²) in [5.41, 5.74) is 1.01. The second-order valence-corrected chi connectivity index (χ2v) is 6.85. The first kappa shape index (κ1) is 15.6. The predicted molar refractivity (Wildman–Crippen MR) is 98.7 cm³/mol. The van der Waals surface area contributed by atoms with Crippen LogP contribution in [0.4, 0.5) is 0 Å². The Labute approximate surface area is 147 Å². The maximum Gasteiger partial charge on any atom is 0.288 e. The van der Waals surface area contributed by atoms with Gasteiger partial charge < -0.3 is 9.88 Å². The van der Waals surface area contributed by atoms with Gasteiger partial charge in [0.25, 0.3) is 5.56 Å². The number of H-pyrrole nitrogens is 1. The molecule has 3 heterocycles. The zero-order valence-corrected chi connectivity index (χ0v) is 14.3. The first-order valence-corrected chi connectivity index (χ1v) is 8.81. The van der Waals surface area contributed by atoms with Crippen LogP contribution in [0.3, 0.4) is 0 Å². The van der Waals surface area contributed by atoms with Gasteiger partial charge in [-0.2, -0.15) is 5.10 Å². The van der Waals surface area contributed by atoms with Gasteiger partial charge in [-0.3, -0.25) is 9.59 Å². The van der Waals surface area contributed by atoms with E-state index in [-0.39, 0.29) is 11.5 Å². The van der Waals surface area contributed by atoms with Gasteiger partial charge in [-0.25, -0.2) is 5.10 Å². The van der Waals surface area contributed by atoms with Gasteiger partial charge in [0.15, 0.2) is 0 Å². The van der Waals surface area contributed by atoms with Crippen molar-refractivity contribution in [1.82, 2.24) is 20.1 Å². The van der Waals surface area contributed by atoms with Gasteiger partial charge in [0.05, 0.1) is 18.3 Å². The van der Waals surface area contributed by atoms with Crippen LogP contribution in [-0.4, -0.2) is 20.7 Å². The molecule has 4 aromatic rings. The van der Waals surface area contributed by atoms with E-state index in [0.717, 1.165) is 21.2 Å². The molecule has 0 saturated carbocycles. The molecule has 0 aliphatic heterocycles. The van der Waals surface area contributed by atoms with E-state index >= 15 is 0 Å². The first-order chi connectivity index (χ1) is 12.2. The molecule has 0 fully saturated rings. The van der Waals surface area contributed by atoms with Gasteiger partial charge in [0.2, 0.25) is 5.91 Å². The van der Waals surface area contributed by atoms with Crippen LogP contribution in [0.25, 0.3) is 21.8 Å². The number of hydrogen-bond acceptors (Lipinski definition) is 4. The van der Waals surface area contributed by atoms with E-state index in [0.29, 0.717) is 12.1 Å². The van der Waals surface area contributed by atoms with Crippen LogP contribution in [0.5, 0.6) is 0 Å². The minimum Gasteiger partial charge on any atom is -0.349 e. The van der Waals surface area contributed by atoms with Crippen LogP contribution in [0.2, 0.25) is 0 Å². The summed E-state index contributed by atoms with van der Waals surface area (Å²) in [6, 6.07) is 11.1. The Kier molecular flexibility index (Phi) is 3.85. The lowest BCUT2D eigenvalue weighted by Gasteiger charge is -2.16. The van der Waals surface area contributed by atoms with Gasteiger partial charge in [-0.05, 0) is 24.4 Å². The fourth-order valence-electron chi connectivity index (χ4n) is 3.11. The number of amides is 1. The van der Waals surface area contributed by atoms with Crippen molar-refractivity contribution in [2.24, 2.45) is 0 Å². The zero-order valence-electron chi connectivity index (χ0n) is 13.5. The molecule has 7 heteroatoms. The second kappa shape index (κ2) is 6.18. The number of carbonyl (C=O) groups is 1. The summed E-state index contributed by atoms with van der Waals surface area (Å²) in [7, 11) is 0. The van der Waals surface area contributed by atoms with E-state index in [1.165, 1.54) is 0 Å². The summed E-state index contributed by atoms with van der Waals surface area (Å²) in [4.78, 5) is 26.1. The molecule has 1 aromatic carbocycles. The van der Waals surface area contributed by atoms with E-state index in [1.807, 2.05) is 41.8 Å². The van der Waals surface area contributed by atoms with Crippen molar-refractivity contribution < 1.29 is 4.79 Å². The number of carbonyl (C=O) groups excluding carboxylic acids is 1. The topological polar surface area (TPSA) is 79.8 Å². The van der Waals surface area contributed by atoms with Crippen LogP contribution in [0, 0.1) is 0 Å². The van der Waals surface area contributed by atoms with Gasteiger partial charge in [0, 0.05) is 15.6 Å². The number of nitrogens with one attached hydrogen (secondary N) is 2. The highest BCUT2D eigenvalue weighted by molar-refractivity contribution is 7.09. The minimum absolute atomic E-state index is 0.132. The summed E-state index contributed by atoms with van der Waals surface area (Å²) in [5, 5.41) is 12.9.